The highest BCUT2D eigenvalue weighted by atomic mass is 16.3. The maximum atomic E-state index is 11.6. The van der Waals surface area contributed by atoms with E-state index in [9.17, 15) is 4.79 Å². The third kappa shape index (κ3) is 1.72. The molecule has 1 saturated heterocycles. The summed E-state index contributed by atoms with van der Waals surface area (Å²) in [7, 11) is 0. The summed E-state index contributed by atoms with van der Waals surface area (Å²) < 4.78 is 5.51. The number of aryl methyl sites for hydroxylation is 1. The second kappa shape index (κ2) is 4.01. The number of hydrogen-bond donors (Lipinski definition) is 1. The number of hydrogen-bond acceptors (Lipinski definition) is 3. The normalized spacial score (nSPS) is 19.6. The van der Waals surface area contributed by atoms with Crippen LogP contribution in [0.5, 0.6) is 0 Å². The first-order valence-corrected chi connectivity index (χ1v) is 6.10. The van der Waals surface area contributed by atoms with E-state index in [1.165, 1.54) is 0 Å². The van der Waals surface area contributed by atoms with Gasteiger partial charge in [0.1, 0.15) is 5.52 Å². The predicted molar refractivity (Wildman–Crippen MR) is 67.3 cm³/mol. The fourth-order valence-corrected chi connectivity index (χ4v) is 2.32. The Morgan fingerprint density at radius 2 is 2.39 bits per heavy atom. The van der Waals surface area contributed by atoms with Gasteiger partial charge in [-0.05, 0) is 24.6 Å². The Labute approximate surface area is 105 Å². The average molecular weight is 245 g/mol. The lowest BCUT2D eigenvalue weighted by Gasteiger charge is -2.11. The van der Waals surface area contributed by atoms with E-state index >= 15 is 0 Å². The van der Waals surface area contributed by atoms with Crippen LogP contribution < -0.4 is 5.32 Å². The molecule has 1 aliphatic heterocycles. The fraction of sp³-hybridized carbons (Fsp3) is 0.385. The van der Waals surface area contributed by atoms with Crippen molar-refractivity contribution in [1.29, 1.82) is 0 Å². The number of nitrogens with zero attached hydrogens (tertiary/aromatic N) is 2. The summed E-state index contributed by atoms with van der Waals surface area (Å²) in [6, 6.07) is 5.92. The average Bonchev–Trinajstić information content (AvgIpc) is 2.89. The van der Waals surface area contributed by atoms with Gasteiger partial charge < -0.3 is 14.6 Å². The number of nitrogens with one attached hydrogen (secondary N) is 1. The Morgan fingerprint density at radius 1 is 1.56 bits per heavy atom. The van der Waals surface area contributed by atoms with E-state index in [0.29, 0.717) is 12.4 Å². The van der Waals surface area contributed by atoms with E-state index in [0.717, 1.165) is 23.2 Å². The van der Waals surface area contributed by atoms with Crippen LogP contribution in [-0.2, 0) is 0 Å². The van der Waals surface area contributed by atoms with Crippen LogP contribution in [0, 0.1) is 6.92 Å². The Bertz CT molecular complexity index is 605. The van der Waals surface area contributed by atoms with Crippen LogP contribution in [0.15, 0.2) is 22.6 Å². The lowest BCUT2D eigenvalue weighted by Crippen LogP contribution is -2.27. The molecule has 5 nitrogen and oxygen atoms in total. The minimum absolute atomic E-state index is 0.00338. The van der Waals surface area contributed by atoms with E-state index in [2.05, 4.69) is 10.3 Å². The molecule has 0 aliphatic carbocycles. The van der Waals surface area contributed by atoms with E-state index in [1.54, 1.807) is 4.90 Å². The minimum atomic E-state index is -0.00338. The first-order chi connectivity index (χ1) is 8.67. The first-order valence-electron chi connectivity index (χ1n) is 6.10. The second-order valence-electron chi connectivity index (χ2n) is 4.50. The smallest absolute Gasteiger partial charge is 0.318 e. The van der Waals surface area contributed by atoms with Crippen molar-refractivity contribution < 1.29 is 9.21 Å². The predicted octanol–water partition coefficient (Wildman–Crippen LogP) is 2.22. The lowest BCUT2D eigenvalue weighted by molar-refractivity contribution is 0.219. The molecule has 0 spiro atoms. The molecule has 1 unspecified atom stereocenters. The zero-order chi connectivity index (χ0) is 12.7. The Hall–Kier alpha value is -2.04. The van der Waals surface area contributed by atoms with Gasteiger partial charge in [0.2, 0.25) is 0 Å². The third-order valence-electron chi connectivity index (χ3n) is 3.29. The Morgan fingerprint density at radius 3 is 3.11 bits per heavy atom. The van der Waals surface area contributed by atoms with Gasteiger partial charge in [-0.2, -0.15) is 0 Å². The number of oxazole rings is 1. The molecule has 2 amide bonds. The fourth-order valence-electron chi connectivity index (χ4n) is 2.32. The van der Waals surface area contributed by atoms with Crippen molar-refractivity contribution in [1.82, 2.24) is 15.2 Å². The molecule has 18 heavy (non-hydrogen) atoms. The van der Waals surface area contributed by atoms with E-state index in [-0.39, 0.29) is 12.1 Å². The lowest BCUT2D eigenvalue weighted by atomic mass is 10.1. The SMILES string of the molecule is CCN1CC(c2ccc3nc(C)oc3c2)NC1=O. The first kappa shape index (κ1) is 11.1. The molecule has 5 heteroatoms. The quantitative estimate of drug-likeness (QED) is 0.882. The van der Waals surface area contributed by atoms with Gasteiger partial charge in [0.05, 0.1) is 6.04 Å². The van der Waals surface area contributed by atoms with Crippen molar-refractivity contribution in [3.63, 3.8) is 0 Å². The largest absolute Gasteiger partial charge is 0.441 e. The summed E-state index contributed by atoms with van der Waals surface area (Å²) in [5.41, 5.74) is 2.69. The molecule has 1 aromatic carbocycles. The molecule has 0 radical (unpaired) electrons. The highest BCUT2D eigenvalue weighted by molar-refractivity contribution is 5.78. The summed E-state index contributed by atoms with van der Waals surface area (Å²) in [6.07, 6.45) is 0. The molecule has 1 atom stereocenters. The number of likely N-dealkylation sites (N-methyl/N-ethyl adjacent to an activating group) is 1. The second-order valence-corrected chi connectivity index (χ2v) is 4.50. The van der Waals surface area contributed by atoms with Gasteiger partial charge in [0.25, 0.3) is 0 Å². The Balaban J connectivity index is 1.93. The van der Waals surface area contributed by atoms with Crippen molar-refractivity contribution in [3.05, 3.63) is 29.7 Å². The highest BCUT2D eigenvalue weighted by Crippen LogP contribution is 2.24. The van der Waals surface area contributed by atoms with Crippen LogP contribution in [0.2, 0.25) is 0 Å². The van der Waals surface area contributed by atoms with Crippen LogP contribution >= 0.6 is 0 Å². The number of aromatic nitrogens is 1. The summed E-state index contributed by atoms with van der Waals surface area (Å²) in [6.45, 7) is 5.24. The van der Waals surface area contributed by atoms with Crippen LogP contribution in [0.3, 0.4) is 0 Å². The summed E-state index contributed by atoms with van der Waals surface area (Å²) >= 11 is 0. The summed E-state index contributed by atoms with van der Waals surface area (Å²) in [5.74, 6) is 0.660. The van der Waals surface area contributed by atoms with Gasteiger partial charge in [-0.3, -0.25) is 0 Å². The minimum Gasteiger partial charge on any atom is -0.441 e. The molecular weight excluding hydrogens is 230 g/mol. The van der Waals surface area contributed by atoms with E-state index in [1.807, 2.05) is 32.0 Å². The Kier molecular flexibility index (Phi) is 2.47. The number of benzene rings is 1. The molecule has 1 aliphatic rings. The van der Waals surface area contributed by atoms with Gasteiger partial charge >= 0.3 is 6.03 Å². The molecule has 1 aromatic heterocycles. The maximum absolute atomic E-state index is 11.6. The molecule has 2 heterocycles. The number of amides is 2. The zero-order valence-electron chi connectivity index (χ0n) is 10.4. The van der Waals surface area contributed by atoms with Gasteiger partial charge in [0.15, 0.2) is 11.5 Å². The van der Waals surface area contributed by atoms with Crippen molar-refractivity contribution in [2.45, 2.75) is 19.9 Å². The number of carbonyl (C=O) groups is 1. The standard InChI is InChI=1S/C13H15N3O2/c1-3-16-7-11(15-13(16)17)9-4-5-10-12(6-9)18-8(2)14-10/h4-6,11H,3,7H2,1-2H3,(H,15,17). The number of urea groups is 1. The maximum Gasteiger partial charge on any atom is 0.318 e. The van der Waals surface area contributed by atoms with Gasteiger partial charge in [-0.25, -0.2) is 9.78 Å². The molecule has 94 valence electrons. The van der Waals surface area contributed by atoms with Crippen LogP contribution in [0.1, 0.15) is 24.4 Å². The van der Waals surface area contributed by atoms with Crippen molar-refractivity contribution in [2.24, 2.45) is 0 Å². The topological polar surface area (TPSA) is 58.4 Å². The monoisotopic (exact) mass is 245 g/mol. The summed E-state index contributed by atoms with van der Waals surface area (Å²) in [4.78, 5) is 17.7. The molecular formula is C13H15N3O2. The molecule has 0 bridgehead atoms. The van der Waals surface area contributed by atoms with E-state index in [4.69, 9.17) is 4.42 Å². The van der Waals surface area contributed by atoms with E-state index < -0.39 is 0 Å². The van der Waals surface area contributed by atoms with Crippen LogP contribution in [0.4, 0.5) is 4.79 Å². The molecule has 2 aromatic rings. The molecule has 1 N–H and O–H groups in total. The third-order valence-corrected chi connectivity index (χ3v) is 3.29. The number of fused-ring (bicyclic) bond motifs is 1. The van der Waals surface area contributed by atoms with Crippen LogP contribution in [-0.4, -0.2) is 29.0 Å². The summed E-state index contributed by atoms with van der Waals surface area (Å²) in [5, 5.41) is 2.97. The number of rotatable bonds is 2. The van der Waals surface area contributed by atoms with Gasteiger partial charge in [-0.1, -0.05) is 6.07 Å². The van der Waals surface area contributed by atoms with Gasteiger partial charge in [-0.15, -0.1) is 0 Å². The van der Waals surface area contributed by atoms with Gasteiger partial charge in [0, 0.05) is 20.0 Å². The van der Waals surface area contributed by atoms with Crippen LogP contribution in [0.25, 0.3) is 11.1 Å². The highest BCUT2D eigenvalue weighted by Gasteiger charge is 2.28. The van der Waals surface area contributed by atoms with Crippen molar-refractivity contribution in [3.8, 4) is 0 Å². The molecule has 1 fully saturated rings. The van der Waals surface area contributed by atoms with Crippen molar-refractivity contribution >= 4 is 17.1 Å². The molecule has 0 saturated carbocycles. The van der Waals surface area contributed by atoms with Crippen molar-refractivity contribution in [2.75, 3.05) is 13.1 Å². The number of carbonyl (C=O) groups excluding carboxylic acids is 1. The molecule has 3 rings (SSSR count). The zero-order valence-corrected chi connectivity index (χ0v) is 10.4.